The molecule has 3 aromatic rings. The van der Waals surface area contributed by atoms with Gasteiger partial charge in [0.1, 0.15) is 5.82 Å². The molecule has 2 aromatic heterocycles. The summed E-state index contributed by atoms with van der Waals surface area (Å²) in [6, 6.07) is 10.0. The van der Waals surface area contributed by atoms with Crippen LogP contribution >= 0.6 is 11.5 Å². The molecule has 164 valence electrons. The Bertz CT molecular complexity index is 1170. The summed E-state index contributed by atoms with van der Waals surface area (Å²) in [5, 5.41) is 4.45. The minimum atomic E-state index is -0.177. The van der Waals surface area contributed by atoms with Gasteiger partial charge in [0, 0.05) is 69.5 Å². The summed E-state index contributed by atoms with van der Waals surface area (Å²) in [5.41, 5.74) is 0.459. The first-order valence-electron chi connectivity index (χ1n) is 11.1. The zero-order valence-corrected chi connectivity index (χ0v) is 18.4. The number of fused-ring (bicyclic) bond motifs is 2. The van der Waals surface area contributed by atoms with Crippen molar-refractivity contribution in [2.45, 2.75) is 32.5 Å². The molecule has 0 saturated carbocycles. The fourth-order valence-corrected chi connectivity index (χ4v) is 5.35. The fourth-order valence-electron chi connectivity index (χ4n) is 4.55. The van der Waals surface area contributed by atoms with Crippen LogP contribution in [-0.4, -0.2) is 57.7 Å². The van der Waals surface area contributed by atoms with Crippen LogP contribution in [0.3, 0.4) is 0 Å². The van der Waals surface area contributed by atoms with Gasteiger partial charge >= 0.3 is 5.69 Å². The molecule has 0 amide bonds. The lowest BCUT2D eigenvalue weighted by Gasteiger charge is -2.35. The van der Waals surface area contributed by atoms with Gasteiger partial charge in [0.2, 0.25) is 0 Å². The van der Waals surface area contributed by atoms with Crippen LogP contribution < -0.4 is 21.5 Å². The number of hydrogen-bond acceptors (Lipinski definition) is 7. The van der Waals surface area contributed by atoms with Crippen LogP contribution in [-0.2, 0) is 19.6 Å². The number of rotatable bonds is 6. The van der Waals surface area contributed by atoms with Crippen molar-refractivity contribution < 1.29 is 0 Å². The van der Waals surface area contributed by atoms with E-state index in [9.17, 15) is 9.59 Å². The third kappa shape index (κ3) is 4.17. The molecule has 1 fully saturated rings. The highest BCUT2D eigenvalue weighted by molar-refractivity contribution is 7.13. The molecule has 0 unspecified atom stereocenters. The summed E-state index contributed by atoms with van der Waals surface area (Å²) < 4.78 is 9.06. The molecule has 0 bridgehead atoms. The number of nitrogens with zero attached hydrogens (tertiary/aromatic N) is 5. The topological polar surface area (TPSA) is 75.4 Å². The van der Waals surface area contributed by atoms with E-state index >= 15 is 0 Å². The Morgan fingerprint density at radius 3 is 2.68 bits per heavy atom. The van der Waals surface area contributed by atoms with Gasteiger partial charge in [-0.1, -0.05) is 12.1 Å². The predicted octanol–water partition coefficient (Wildman–Crippen LogP) is 1.33. The van der Waals surface area contributed by atoms with Gasteiger partial charge in [-0.2, -0.15) is 4.37 Å². The van der Waals surface area contributed by atoms with Crippen molar-refractivity contribution in [3.63, 3.8) is 0 Å². The fraction of sp³-hybridized carbons (Fsp3) is 0.500. The molecule has 0 radical (unpaired) electrons. The van der Waals surface area contributed by atoms with Gasteiger partial charge in [-0.3, -0.25) is 18.8 Å². The van der Waals surface area contributed by atoms with Crippen LogP contribution in [0.4, 0.5) is 5.82 Å². The summed E-state index contributed by atoms with van der Waals surface area (Å²) >= 11 is 1.57. The monoisotopic (exact) mass is 440 g/mol. The Morgan fingerprint density at radius 2 is 1.81 bits per heavy atom. The number of aromatic nitrogens is 3. The number of nitrogens with one attached hydrogen (secondary N) is 1. The lowest BCUT2D eigenvalue weighted by atomic mass is 10.2. The standard InChI is InChI=1S/C22H28N6O2S/c29-20-15-17-16-23-7-10-27(17)22(30)28(20)9-4-3-8-25-11-13-26(14-12-25)21-18-5-1-2-6-19(18)31-24-21/h1-2,5-6,15,23H,3-4,7-14,16H2. The van der Waals surface area contributed by atoms with E-state index in [1.807, 2.05) is 0 Å². The van der Waals surface area contributed by atoms with Crippen molar-refractivity contribution >= 4 is 27.4 Å². The van der Waals surface area contributed by atoms with E-state index in [0.717, 1.165) is 63.6 Å². The molecule has 0 atom stereocenters. The molecule has 2 aliphatic rings. The molecule has 9 heteroatoms. The average molecular weight is 441 g/mol. The van der Waals surface area contributed by atoms with Gasteiger partial charge in [-0.05, 0) is 43.1 Å². The second-order valence-electron chi connectivity index (χ2n) is 8.27. The molecule has 1 N–H and O–H groups in total. The maximum Gasteiger partial charge on any atom is 0.331 e. The number of unbranched alkanes of at least 4 members (excludes halogenated alkanes) is 1. The van der Waals surface area contributed by atoms with Gasteiger partial charge in [0.05, 0.1) is 4.70 Å². The molecule has 4 heterocycles. The Hall–Kier alpha value is -2.49. The lowest BCUT2D eigenvalue weighted by Crippen LogP contribution is -2.47. The van der Waals surface area contributed by atoms with E-state index in [2.05, 4.69) is 43.8 Å². The zero-order chi connectivity index (χ0) is 21.2. The van der Waals surface area contributed by atoms with E-state index in [0.29, 0.717) is 19.6 Å². The van der Waals surface area contributed by atoms with E-state index in [-0.39, 0.29) is 11.2 Å². The van der Waals surface area contributed by atoms with E-state index < -0.39 is 0 Å². The van der Waals surface area contributed by atoms with Crippen LogP contribution in [0, 0.1) is 0 Å². The van der Waals surface area contributed by atoms with Crippen molar-refractivity contribution in [1.82, 2.24) is 23.7 Å². The second-order valence-corrected chi connectivity index (χ2v) is 9.08. The van der Waals surface area contributed by atoms with Crippen LogP contribution in [0.25, 0.3) is 10.1 Å². The largest absolute Gasteiger partial charge is 0.353 e. The van der Waals surface area contributed by atoms with Crippen molar-refractivity contribution in [2.75, 3.05) is 44.2 Å². The first kappa shape index (κ1) is 20.4. The van der Waals surface area contributed by atoms with Crippen molar-refractivity contribution in [2.24, 2.45) is 0 Å². The van der Waals surface area contributed by atoms with Crippen LogP contribution in [0.5, 0.6) is 0 Å². The molecule has 1 aromatic carbocycles. The number of anilines is 1. The minimum absolute atomic E-state index is 0.159. The normalized spacial score (nSPS) is 17.2. The first-order valence-corrected chi connectivity index (χ1v) is 11.8. The van der Waals surface area contributed by atoms with E-state index in [4.69, 9.17) is 0 Å². The van der Waals surface area contributed by atoms with Gasteiger partial charge < -0.3 is 10.2 Å². The van der Waals surface area contributed by atoms with Gasteiger partial charge in [-0.25, -0.2) is 4.79 Å². The number of hydrogen-bond donors (Lipinski definition) is 1. The zero-order valence-electron chi connectivity index (χ0n) is 17.6. The lowest BCUT2D eigenvalue weighted by molar-refractivity contribution is 0.250. The molecule has 5 rings (SSSR count). The van der Waals surface area contributed by atoms with E-state index in [1.54, 1.807) is 22.2 Å². The second kappa shape index (κ2) is 8.94. The highest BCUT2D eigenvalue weighted by Crippen LogP contribution is 2.29. The average Bonchev–Trinajstić information content (AvgIpc) is 3.23. The number of piperazine rings is 1. The van der Waals surface area contributed by atoms with E-state index in [1.165, 1.54) is 14.7 Å². The summed E-state index contributed by atoms with van der Waals surface area (Å²) in [4.78, 5) is 29.9. The molecular formula is C22H28N6O2S. The van der Waals surface area contributed by atoms with Crippen molar-refractivity contribution in [3.8, 4) is 0 Å². The third-order valence-electron chi connectivity index (χ3n) is 6.32. The Kier molecular flexibility index (Phi) is 5.89. The molecule has 0 aliphatic carbocycles. The molecular weight excluding hydrogens is 412 g/mol. The van der Waals surface area contributed by atoms with Crippen LogP contribution in [0.1, 0.15) is 18.5 Å². The van der Waals surface area contributed by atoms with Gasteiger partial charge in [-0.15, -0.1) is 0 Å². The highest BCUT2D eigenvalue weighted by Gasteiger charge is 2.20. The quantitative estimate of drug-likeness (QED) is 0.583. The Balaban J connectivity index is 1.12. The minimum Gasteiger partial charge on any atom is -0.353 e. The van der Waals surface area contributed by atoms with Gasteiger partial charge in [0.15, 0.2) is 0 Å². The molecule has 31 heavy (non-hydrogen) atoms. The SMILES string of the molecule is O=c1cc2n(c(=O)n1CCCCN1CCN(c3nsc4ccccc34)CC1)CCNC2. The molecule has 1 saturated heterocycles. The molecule has 8 nitrogen and oxygen atoms in total. The summed E-state index contributed by atoms with van der Waals surface area (Å²) in [7, 11) is 0. The molecule has 2 aliphatic heterocycles. The summed E-state index contributed by atoms with van der Waals surface area (Å²) in [6.45, 7) is 7.48. The Morgan fingerprint density at radius 1 is 1.00 bits per heavy atom. The van der Waals surface area contributed by atoms with Crippen molar-refractivity contribution in [1.29, 1.82) is 0 Å². The van der Waals surface area contributed by atoms with Crippen molar-refractivity contribution in [3.05, 3.63) is 56.9 Å². The van der Waals surface area contributed by atoms with Crippen LogP contribution in [0.15, 0.2) is 39.9 Å². The van der Waals surface area contributed by atoms with Crippen LogP contribution in [0.2, 0.25) is 0 Å². The maximum atomic E-state index is 12.6. The summed E-state index contributed by atoms with van der Waals surface area (Å²) in [6.07, 6.45) is 1.82. The van der Waals surface area contributed by atoms with Gasteiger partial charge in [0.25, 0.3) is 5.56 Å². The Labute approximate surface area is 184 Å². The number of benzene rings is 1. The third-order valence-corrected chi connectivity index (χ3v) is 7.14. The smallest absolute Gasteiger partial charge is 0.331 e. The summed E-state index contributed by atoms with van der Waals surface area (Å²) in [5.74, 6) is 1.11. The maximum absolute atomic E-state index is 12.6. The first-order chi connectivity index (χ1) is 15.2. The predicted molar refractivity (Wildman–Crippen MR) is 124 cm³/mol. The molecule has 0 spiro atoms. The highest BCUT2D eigenvalue weighted by atomic mass is 32.1.